The van der Waals surface area contributed by atoms with Crippen molar-refractivity contribution in [3.05, 3.63) is 64.7 Å². The molecule has 2 amide bonds. The lowest BCUT2D eigenvalue weighted by Gasteiger charge is -2.32. The SMILES string of the molecule is C[C@@H](C(=O)NC(C)(C)C)N(Cc1ccccc1Cl)C(=O)CCCN(c1cccc(C(F)(F)F)c1)S(C)(=O)=O. The van der Waals surface area contributed by atoms with E-state index in [1.165, 1.54) is 11.0 Å². The first-order valence-corrected chi connectivity index (χ1v) is 14.1. The quantitative estimate of drug-likeness (QED) is 0.420. The maximum atomic E-state index is 13.3. The zero-order chi connectivity index (χ0) is 28.9. The molecule has 12 heteroatoms. The predicted octanol–water partition coefficient (Wildman–Crippen LogP) is 5.24. The van der Waals surface area contributed by atoms with Crippen LogP contribution in [0, 0.1) is 0 Å². The van der Waals surface area contributed by atoms with E-state index in [0.717, 1.165) is 28.8 Å². The average molecular weight is 576 g/mol. The maximum Gasteiger partial charge on any atom is 0.416 e. The number of benzene rings is 2. The van der Waals surface area contributed by atoms with Gasteiger partial charge in [-0.2, -0.15) is 13.2 Å². The summed E-state index contributed by atoms with van der Waals surface area (Å²) in [5.41, 5.74) is -1.05. The molecule has 0 unspecified atom stereocenters. The standard InChI is InChI=1S/C26H33ClF3N3O4S/c1-18(24(35)31-25(2,3)4)32(17-19-10-6-7-13-22(19)27)23(34)14-9-15-33(38(5,36)37)21-12-8-11-20(16-21)26(28,29)30/h6-8,10-13,16,18H,9,14-15,17H2,1-5H3,(H,31,35)/t18-/m0/s1. The van der Waals surface area contributed by atoms with Crippen LogP contribution in [0.3, 0.4) is 0 Å². The van der Waals surface area contributed by atoms with Crippen LogP contribution in [0.1, 0.15) is 51.7 Å². The molecule has 1 N–H and O–H groups in total. The summed E-state index contributed by atoms with van der Waals surface area (Å²) in [5.74, 6) is -0.807. The fourth-order valence-electron chi connectivity index (χ4n) is 3.71. The second kappa shape index (κ2) is 12.4. The van der Waals surface area contributed by atoms with Gasteiger partial charge in [-0.25, -0.2) is 8.42 Å². The molecule has 1 atom stereocenters. The van der Waals surface area contributed by atoms with E-state index in [0.29, 0.717) is 10.6 Å². The number of halogens is 4. The van der Waals surface area contributed by atoms with Gasteiger partial charge in [-0.15, -0.1) is 0 Å². The molecule has 0 aromatic heterocycles. The molecule has 0 aliphatic carbocycles. The minimum atomic E-state index is -4.64. The molecule has 2 aromatic rings. The highest BCUT2D eigenvalue weighted by atomic mass is 35.5. The van der Waals surface area contributed by atoms with Gasteiger partial charge in [0.15, 0.2) is 0 Å². The monoisotopic (exact) mass is 575 g/mol. The van der Waals surface area contributed by atoms with E-state index < -0.39 is 39.3 Å². The summed E-state index contributed by atoms with van der Waals surface area (Å²) in [4.78, 5) is 27.5. The summed E-state index contributed by atoms with van der Waals surface area (Å²) in [7, 11) is -3.94. The van der Waals surface area contributed by atoms with Crippen molar-refractivity contribution < 1.29 is 31.2 Å². The summed E-state index contributed by atoms with van der Waals surface area (Å²) in [6.07, 6.45) is -3.90. The van der Waals surface area contributed by atoms with Crippen molar-refractivity contribution in [3.8, 4) is 0 Å². The Hall–Kier alpha value is -2.79. The Bertz CT molecular complexity index is 1250. The minimum absolute atomic E-state index is 0.00871. The zero-order valence-corrected chi connectivity index (χ0v) is 23.5. The fourth-order valence-corrected chi connectivity index (χ4v) is 4.86. The molecule has 0 saturated carbocycles. The van der Waals surface area contributed by atoms with Crippen LogP contribution >= 0.6 is 11.6 Å². The van der Waals surface area contributed by atoms with Crippen LogP contribution in [-0.4, -0.2) is 49.5 Å². The van der Waals surface area contributed by atoms with Crippen LogP contribution in [0.15, 0.2) is 48.5 Å². The third-order valence-electron chi connectivity index (χ3n) is 5.58. The highest BCUT2D eigenvalue weighted by molar-refractivity contribution is 7.92. The topological polar surface area (TPSA) is 86.8 Å². The number of nitrogens with one attached hydrogen (secondary N) is 1. The van der Waals surface area contributed by atoms with Crippen LogP contribution in [0.5, 0.6) is 0 Å². The van der Waals surface area contributed by atoms with Crippen LogP contribution in [0.2, 0.25) is 5.02 Å². The third-order valence-corrected chi connectivity index (χ3v) is 7.14. The molecule has 210 valence electrons. The molecule has 0 fully saturated rings. The van der Waals surface area contributed by atoms with Crippen LogP contribution in [0.25, 0.3) is 0 Å². The van der Waals surface area contributed by atoms with Gasteiger partial charge in [0.2, 0.25) is 21.8 Å². The van der Waals surface area contributed by atoms with Crippen molar-refractivity contribution in [2.45, 2.75) is 64.8 Å². The third kappa shape index (κ3) is 9.20. The highest BCUT2D eigenvalue weighted by Crippen LogP contribution is 2.32. The number of hydrogen-bond acceptors (Lipinski definition) is 4. The van der Waals surface area contributed by atoms with Gasteiger partial charge in [0.25, 0.3) is 0 Å². The van der Waals surface area contributed by atoms with Crippen LogP contribution in [-0.2, 0) is 32.3 Å². The van der Waals surface area contributed by atoms with Gasteiger partial charge >= 0.3 is 6.18 Å². The molecular formula is C26H33ClF3N3O4S. The zero-order valence-electron chi connectivity index (χ0n) is 22.0. The largest absolute Gasteiger partial charge is 0.416 e. The van der Waals surface area contributed by atoms with E-state index in [4.69, 9.17) is 11.6 Å². The Morgan fingerprint density at radius 2 is 1.68 bits per heavy atom. The summed E-state index contributed by atoms with van der Waals surface area (Å²) in [6, 6.07) is 10.0. The van der Waals surface area contributed by atoms with E-state index in [2.05, 4.69) is 5.32 Å². The Kier molecular flexibility index (Phi) is 10.2. The van der Waals surface area contributed by atoms with Crippen LogP contribution in [0.4, 0.5) is 18.9 Å². The number of amides is 2. The van der Waals surface area contributed by atoms with Gasteiger partial charge in [-0.05, 0) is 63.9 Å². The number of sulfonamides is 1. The van der Waals surface area contributed by atoms with Crippen LogP contribution < -0.4 is 9.62 Å². The first-order chi connectivity index (χ1) is 17.4. The molecule has 2 aromatic carbocycles. The first kappa shape index (κ1) is 31.4. The number of carbonyl (C=O) groups is 2. The Morgan fingerprint density at radius 1 is 1.05 bits per heavy atom. The van der Waals surface area contributed by atoms with Gasteiger partial charge in [0.05, 0.1) is 17.5 Å². The lowest BCUT2D eigenvalue weighted by atomic mass is 10.1. The number of rotatable bonds is 10. The minimum Gasteiger partial charge on any atom is -0.350 e. The summed E-state index contributed by atoms with van der Waals surface area (Å²) >= 11 is 6.28. The van der Waals surface area contributed by atoms with E-state index in [9.17, 15) is 31.2 Å². The Balaban J connectivity index is 2.25. The van der Waals surface area contributed by atoms with Gasteiger partial charge in [0.1, 0.15) is 6.04 Å². The molecule has 7 nitrogen and oxygen atoms in total. The number of nitrogens with zero attached hydrogens (tertiary/aromatic N) is 2. The Morgan fingerprint density at radius 3 is 2.24 bits per heavy atom. The molecule has 0 radical (unpaired) electrons. The highest BCUT2D eigenvalue weighted by Gasteiger charge is 2.32. The number of carbonyl (C=O) groups excluding carboxylic acids is 2. The van der Waals surface area contributed by atoms with Gasteiger partial charge in [-0.1, -0.05) is 35.9 Å². The smallest absolute Gasteiger partial charge is 0.350 e. The Labute approximate surface area is 227 Å². The molecule has 0 spiro atoms. The molecule has 0 heterocycles. The van der Waals surface area contributed by atoms with Crippen molar-refractivity contribution in [2.24, 2.45) is 0 Å². The number of alkyl halides is 3. The first-order valence-electron chi connectivity index (χ1n) is 11.9. The van der Waals surface area contributed by atoms with Gasteiger partial charge in [0, 0.05) is 30.1 Å². The van der Waals surface area contributed by atoms with Crippen molar-refractivity contribution in [1.29, 1.82) is 0 Å². The van der Waals surface area contributed by atoms with E-state index in [1.807, 2.05) is 20.8 Å². The second-order valence-electron chi connectivity index (χ2n) is 10.0. The summed E-state index contributed by atoms with van der Waals surface area (Å²) in [6.45, 7) is 6.83. The second-order valence-corrected chi connectivity index (χ2v) is 12.3. The number of hydrogen-bond donors (Lipinski definition) is 1. The molecule has 0 bridgehead atoms. The molecule has 0 aliphatic rings. The fraction of sp³-hybridized carbons (Fsp3) is 0.462. The lowest BCUT2D eigenvalue weighted by molar-refractivity contribution is -0.141. The summed E-state index contributed by atoms with van der Waals surface area (Å²) in [5, 5.41) is 3.26. The molecule has 38 heavy (non-hydrogen) atoms. The van der Waals surface area contributed by atoms with E-state index in [1.54, 1.807) is 31.2 Å². The van der Waals surface area contributed by atoms with Gasteiger partial charge in [-0.3, -0.25) is 13.9 Å². The van der Waals surface area contributed by atoms with E-state index >= 15 is 0 Å². The molecule has 0 aliphatic heterocycles. The summed E-state index contributed by atoms with van der Waals surface area (Å²) < 4.78 is 65.1. The maximum absolute atomic E-state index is 13.3. The number of anilines is 1. The molecule has 2 rings (SSSR count). The van der Waals surface area contributed by atoms with Crippen molar-refractivity contribution >= 4 is 39.1 Å². The lowest BCUT2D eigenvalue weighted by Crippen LogP contribution is -2.52. The van der Waals surface area contributed by atoms with Crippen molar-refractivity contribution in [3.63, 3.8) is 0 Å². The van der Waals surface area contributed by atoms with Crippen molar-refractivity contribution in [2.75, 3.05) is 17.1 Å². The van der Waals surface area contributed by atoms with Gasteiger partial charge < -0.3 is 10.2 Å². The molecule has 0 saturated heterocycles. The molecular weight excluding hydrogens is 543 g/mol. The van der Waals surface area contributed by atoms with E-state index in [-0.39, 0.29) is 37.5 Å². The average Bonchev–Trinajstić information content (AvgIpc) is 2.78. The van der Waals surface area contributed by atoms with Crippen molar-refractivity contribution in [1.82, 2.24) is 10.2 Å². The predicted molar refractivity (Wildman–Crippen MR) is 142 cm³/mol. The normalized spacial score (nSPS) is 13.1.